The van der Waals surface area contributed by atoms with E-state index in [1.54, 1.807) is 23.4 Å². The molecule has 0 saturated carbocycles. The Bertz CT molecular complexity index is 542. The van der Waals surface area contributed by atoms with E-state index >= 15 is 0 Å². The third-order valence-corrected chi connectivity index (χ3v) is 2.75. The second-order valence-corrected chi connectivity index (χ2v) is 5.25. The molecular weight excluding hydrogens is 242 g/mol. The maximum Gasteiger partial charge on any atom is 0.263 e. The number of carbonyl (C=O) groups excluding carboxylic acids is 1. The fourth-order valence-corrected chi connectivity index (χ4v) is 1.93. The first-order chi connectivity index (χ1) is 8.95. The van der Waals surface area contributed by atoms with E-state index in [9.17, 15) is 4.79 Å². The molecule has 2 heterocycles. The summed E-state index contributed by atoms with van der Waals surface area (Å²) in [6.45, 7) is 5.87. The molecule has 0 N–H and O–H groups in total. The monoisotopic (exact) mass is 259 g/mol. The molecule has 2 rings (SSSR count). The molecule has 0 spiro atoms. The molecule has 1 aromatic rings. The average Bonchev–Trinajstić information content (AvgIpc) is 2.35. The molecule has 1 saturated heterocycles. The van der Waals surface area contributed by atoms with Crippen LogP contribution in [-0.2, 0) is 9.63 Å². The zero-order valence-corrected chi connectivity index (χ0v) is 11.5. The van der Waals surface area contributed by atoms with Crippen LogP contribution < -0.4 is 0 Å². The molecule has 1 aromatic heterocycles. The third kappa shape index (κ3) is 2.50. The van der Waals surface area contributed by atoms with Gasteiger partial charge in [-0.05, 0) is 44.5 Å². The van der Waals surface area contributed by atoms with Gasteiger partial charge in [-0.1, -0.05) is 5.16 Å². The van der Waals surface area contributed by atoms with Crippen LogP contribution in [0.4, 0.5) is 0 Å². The van der Waals surface area contributed by atoms with Crippen molar-refractivity contribution in [2.75, 3.05) is 7.11 Å². The van der Waals surface area contributed by atoms with E-state index in [1.165, 1.54) is 7.11 Å². The van der Waals surface area contributed by atoms with Gasteiger partial charge in [-0.25, -0.2) is 0 Å². The first-order valence-corrected chi connectivity index (χ1v) is 6.03. The summed E-state index contributed by atoms with van der Waals surface area (Å²) in [7, 11) is 1.47. The fraction of sp³-hybridized carbons (Fsp3) is 0.357. The van der Waals surface area contributed by atoms with Crippen LogP contribution in [0.15, 0.2) is 35.3 Å². The zero-order valence-electron chi connectivity index (χ0n) is 11.5. The molecule has 0 radical (unpaired) electrons. The average molecular weight is 259 g/mol. The van der Waals surface area contributed by atoms with E-state index in [-0.39, 0.29) is 11.4 Å². The van der Waals surface area contributed by atoms with Gasteiger partial charge in [-0.3, -0.25) is 14.7 Å². The van der Waals surface area contributed by atoms with Crippen molar-refractivity contribution in [3.05, 3.63) is 35.7 Å². The van der Waals surface area contributed by atoms with Crippen molar-refractivity contribution in [3.8, 4) is 0 Å². The van der Waals surface area contributed by atoms with Gasteiger partial charge in [0.1, 0.15) is 7.11 Å². The molecular formula is C14H17N3O2. The fourth-order valence-electron chi connectivity index (χ4n) is 1.93. The van der Waals surface area contributed by atoms with Crippen LogP contribution >= 0.6 is 0 Å². The summed E-state index contributed by atoms with van der Waals surface area (Å²) in [5.74, 6) is 0.525. The summed E-state index contributed by atoms with van der Waals surface area (Å²) in [6, 6.07) is 3.68. The first kappa shape index (κ1) is 13.3. The maximum atomic E-state index is 12.2. The van der Waals surface area contributed by atoms with Crippen molar-refractivity contribution in [2.45, 2.75) is 26.3 Å². The van der Waals surface area contributed by atoms with Crippen molar-refractivity contribution < 1.29 is 9.63 Å². The van der Waals surface area contributed by atoms with Gasteiger partial charge >= 0.3 is 0 Å². The van der Waals surface area contributed by atoms with E-state index in [1.807, 2.05) is 32.9 Å². The minimum absolute atomic E-state index is 0.0416. The Morgan fingerprint density at radius 1 is 1.32 bits per heavy atom. The normalized spacial score (nSPS) is 19.8. The quantitative estimate of drug-likeness (QED) is 0.464. The van der Waals surface area contributed by atoms with Gasteiger partial charge in [0, 0.05) is 17.9 Å². The Morgan fingerprint density at radius 3 is 2.47 bits per heavy atom. The van der Waals surface area contributed by atoms with E-state index < -0.39 is 0 Å². The molecule has 5 heteroatoms. The van der Waals surface area contributed by atoms with E-state index in [4.69, 9.17) is 4.84 Å². The number of carbonyl (C=O) groups is 1. The minimum Gasteiger partial charge on any atom is -0.397 e. The highest BCUT2D eigenvalue weighted by Gasteiger charge is 2.45. The molecule has 0 bridgehead atoms. The lowest BCUT2D eigenvalue weighted by atomic mass is 9.93. The summed E-state index contributed by atoms with van der Waals surface area (Å²) in [6.07, 6.45) is 5.17. The Balaban J connectivity index is 2.36. The van der Waals surface area contributed by atoms with Crippen molar-refractivity contribution in [3.63, 3.8) is 0 Å². The molecule has 19 heavy (non-hydrogen) atoms. The molecule has 0 atom stereocenters. The number of β-lactam (4-membered cyclic amide) rings is 1. The molecule has 1 aliphatic heterocycles. The highest BCUT2D eigenvalue weighted by atomic mass is 16.6. The van der Waals surface area contributed by atoms with Crippen LogP contribution in [0.25, 0.3) is 6.08 Å². The second kappa shape index (κ2) is 4.84. The van der Waals surface area contributed by atoms with Crippen molar-refractivity contribution in [1.82, 2.24) is 9.88 Å². The van der Waals surface area contributed by atoms with Gasteiger partial charge in [0.05, 0.1) is 5.57 Å². The molecule has 100 valence electrons. The summed E-state index contributed by atoms with van der Waals surface area (Å²) in [5, 5.41) is 3.94. The summed E-state index contributed by atoms with van der Waals surface area (Å²) >= 11 is 0. The number of likely N-dealkylation sites (tertiary alicyclic amines) is 1. The van der Waals surface area contributed by atoms with E-state index in [0.717, 1.165) is 5.56 Å². The van der Waals surface area contributed by atoms with Gasteiger partial charge in [0.2, 0.25) is 0 Å². The van der Waals surface area contributed by atoms with Gasteiger partial charge in [-0.15, -0.1) is 0 Å². The lowest BCUT2D eigenvalue weighted by Crippen LogP contribution is -2.60. The van der Waals surface area contributed by atoms with Crippen LogP contribution in [0.1, 0.15) is 26.3 Å². The highest BCUT2D eigenvalue weighted by molar-refractivity contribution is 6.38. The van der Waals surface area contributed by atoms with Crippen LogP contribution in [0.2, 0.25) is 0 Å². The number of aromatic nitrogens is 1. The number of hydrogen-bond donors (Lipinski definition) is 0. The number of hydrogen-bond acceptors (Lipinski definition) is 4. The number of amidine groups is 1. The van der Waals surface area contributed by atoms with Crippen molar-refractivity contribution >= 4 is 17.8 Å². The number of rotatable bonds is 2. The summed E-state index contributed by atoms with van der Waals surface area (Å²) in [5.41, 5.74) is 1.16. The molecule has 0 aromatic carbocycles. The van der Waals surface area contributed by atoms with Crippen molar-refractivity contribution in [2.24, 2.45) is 5.16 Å². The number of oxime groups is 1. The lowest BCUT2D eigenvalue weighted by molar-refractivity contribution is -0.129. The predicted octanol–water partition coefficient (Wildman–Crippen LogP) is 2.07. The molecule has 0 unspecified atom stereocenters. The Hall–Kier alpha value is -2.17. The van der Waals surface area contributed by atoms with Gasteiger partial charge < -0.3 is 4.84 Å². The van der Waals surface area contributed by atoms with Crippen LogP contribution in [0.3, 0.4) is 0 Å². The van der Waals surface area contributed by atoms with Crippen LogP contribution in [0.5, 0.6) is 0 Å². The Kier molecular flexibility index (Phi) is 3.38. The summed E-state index contributed by atoms with van der Waals surface area (Å²) in [4.78, 5) is 22.6. The van der Waals surface area contributed by atoms with Gasteiger partial charge in [0.25, 0.3) is 5.91 Å². The molecule has 5 nitrogen and oxygen atoms in total. The number of amides is 1. The molecule has 1 aliphatic rings. The standard InChI is InChI=1S/C14H17N3O2/c1-14(2,3)17-12(16-19-4)11(13(17)18)9-10-5-7-15-8-6-10/h5-9H,1-4H3. The lowest BCUT2D eigenvalue weighted by Gasteiger charge is -2.43. The van der Waals surface area contributed by atoms with Gasteiger partial charge in [-0.2, -0.15) is 0 Å². The molecule has 1 amide bonds. The Morgan fingerprint density at radius 2 is 1.95 bits per heavy atom. The topological polar surface area (TPSA) is 54.8 Å². The largest absolute Gasteiger partial charge is 0.397 e. The zero-order chi connectivity index (χ0) is 14.0. The maximum absolute atomic E-state index is 12.2. The Labute approximate surface area is 112 Å². The van der Waals surface area contributed by atoms with Crippen LogP contribution in [-0.4, -0.2) is 34.3 Å². The number of nitrogens with zero attached hydrogens (tertiary/aromatic N) is 3. The highest BCUT2D eigenvalue weighted by Crippen LogP contribution is 2.30. The van der Waals surface area contributed by atoms with Crippen molar-refractivity contribution in [1.29, 1.82) is 0 Å². The predicted molar refractivity (Wildman–Crippen MR) is 73.3 cm³/mol. The second-order valence-electron chi connectivity index (χ2n) is 5.25. The smallest absolute Gasteiger partial charge is 0.263 e. The van der Waals surface area contributed by atoms with Crippen LogP contribution in [0, 0.1) is 0 Å². The SMILES string of the molecule is CON=C1C(=Cc2ccncc2)C(=O)N1C(C)(C)C. The summed E-state index contributed by atoms with van der Waals surface area (Å²) < 4.78 is 0. The third-order valence-electron chi connectivity index (χ3n) is 2.75. The first-order valence-electron chi connectivity index (χ1n) is 6.03. The molecule has 0 aliphatic carbocycles. The van der Waals surface area contributed by atoms with Gasteiger partial charge in [0.15, 0.2) is 5.84 Å². The minimum atomic E-state index is -0.315. The molecule has 1 fully saturated rings. The van der Waals surface area contributed by atoms with E-state index in [2.05, 4.69) is 10.1 Å². The number of pyridine rings is 1. The van der Waals surface area contributed by atoms with E-state index in [0.29, 0.717) is 11.4 Å².